The van der Waals surface area contributed by atoms with Crippen molar-refractivity contribution in [2.24, 2.45) is 23.7 Å². The van der Waals surface area contributed by atoms with Crippen molar-refractivity contribution in [1.82, 2.24) is 0 Å². The minimum Gasteiger partial charge on any atom is -0.207 e. The Bertz CT molecular complexity index is 739. The monoisotopic (exact) mass is 444 g/mol. The van der Waals surface area contributed by atoms with E-state index in [1.807, 2.05) is 0 Å². The first-order chi connectivity index (χ1) is 15.6. The standard InChI is InChI=1S/C30H46F2/c1-3-5-7-8-10-22-11-13-24-19-25(15-14-23(24)17-22)29-28(31)20-26-18-21(9-6-4-2)12-16-27(26)30(29)32/h20-25H,3-19H2,1-2H3. The summed E-state index contributed by atoms with van der Waals surface area (Å²) >= 11 is 0. The van der Waals surface area contributed by atoms with E-state index < -0.39 is 0 Å². The molecule has 5 unspecified atom stereocenters. The predicted molar refractivity (Wildman–Crippen MR) is 131 cm³/mol. The van der Waals surface area contributed by atoms with Gasteiger partial charge in [0.1, 0.15) is 11.6 Å². The summed E-state index contributed by atoms with van der Waals surface area (Å²) in [5.74, 6) is 2.70. The molecule has 0 radical (unpaired) electrons. The zero-order chi connectivity index (χ0) is 22.5. The topological polar surface area (TPSA) is 0 Å². The second kappa shape index (κ2) is 11.5. The first-order valence-corrected chi connectivity index (χ1v) is 14.1. The summed E-state index contributed by atoms with van der Waals surface area (Å²) in [6.07, 6.45) is 20.4. The summed E-state index contributed by atoms with van der Waals surface area (Å²) in [6.45, 7) is 4.50. The molecule has 2 fully saturated rings. The van der Waals surface area contributed by atoms with Crippen LogP contribution in [0.3, 0.4) is 0 Å². The second-order valence-corrected chi connectivity index (χ2v) is 11.5. The molecule has 3 aliphatic rings. The van der Waals surface area contributed by atoms with Gasteiger partial charge in [-0.05, 0) is 98.1 Å². The van der Waals surface area contributed by atoms with Crippen molar-refractivity contribution >= 4 is 0 Å². The molecule has 2 heteroatoms. The van der Waals surface area contributed by atoms with Gasteiger partial charge >= 0.3 is 0 Å². The van der Waals surface area contributed by atoms with Crippen molar-refractivity contribution in [3.8, 4) is 0 Å². The largest absolute Gasteiger partial charge is 0.207 e. The Morgan fingerprint density at radius 1 is 0.781 bits per heavy atom. The van der Waals surface area contributed by atoms with Gasteiger partial charge in [-0.3, -0.25) is 0 Å². The smallest absolute Gasteiger partial charge is 0.133 e. The van der Waals surface area contributed by atoms with Crippen LogP contribution in [0.25, 0.3) is 0 Å². The Balaban J connectivity index is 1.38. The van der Waals surface area contributed by atoms with Gasteiger partial charge in [-0.2, -0.15) is 0 Å². The van der Waals surface area contributed by atoms with Gasteiger partial charge in [-0.1, -0.05) is 71.6 Å². The van der Waals surface area contributed by atoms with Gasteiger partial charge in [0.25, 0.3) is 0 Å². The van der Waals surface area contributed by atoms with Crippen molar-refractivity contribution in [2.75, 3.05) is 0 Å². The Kier molecular flexibility index (Phi) is 8.68. The second-order valence-electron chi connectivity index (χ2n) is 11.5. The maximum atomic E-state index is 15.6. The molecular formula is C30H46F2. The number of rotatable bonds is 9. The number of hydrogen-bond acceptors (Lipinski definition) is 0. The fraction of sp³-hybridized carbons (Fsp3) is 0.800. The van der Waals surface area contributed by atoms with Gasteiger partial charge in [0.2, 0.25) is 0 Å². The normalized spacial score (nSPS) is 30.1. The van der Waals surface area contributed by atoms with Crippen LogP contribution in [0.1, 0.15) is 133 Å². The van der Waals surface area contributed by atoms with E-state index >= 15 is 8.78 Å². The molecule has 3 aliphatic carbocycles. The summed E-state index contributed by atoms with van der Waals surface area (Å²) in [7, 11) is 0. The minimum absolute atomic E-state index is 0.0977. The first kappa shape index (κ1) is 24.2. The van der Waals surface area contributed by atoms with E-state index in [1.54, 1.807) is 6.07 Å². The highest BCUT2D eigenvalue weighted by molar-refractivity contribution is 5.39. The molecule has 0 saturated heterocycles. The maximum Gasteiger partial charge on any atom is 0.133 e. The van der Waals surface area contributed by atoms with E-state index in [2.05, 4.69) is 13.8 Å². The van der Waals surface area contributed by atoms with Gasteiger partial charge in [0.05, 0.1) is 0 Å². The van der Waals surface area contributed by atoms with E-state index in [0.717, 1.165) is 55.1 Å². The summed E-state index contributed by atoms with van der Waals surface area (Å²) in [5, 5.41) is 0. The number of fused-ring (bicyclic) bond motifs is 2. The van der Waals surface area contributed by atoms with Gasteiger partial charge in [0.15, 0.2) is 0 Å². The zero-order valence-corrected chi connectivity index (χ0v) is 20.7. The van der Waals surface area contributed by atoms with Crippen LogP contribution in [-0.4, -0.2) is 0 Å². The summed E-state index contributed by atoms with van der Waals surface area (Å²) in [6, 6.07) is 1.73. The van der Waals surface area contributed by atoms with Crippen LogP contribution in [0.2, 0.25) is 0 Å². The van der Waals surface area contributed by atoms with Crippen molar-refractivity contribution in [3.05, 3.63) is 34.4 Å². The fourth-order valence-electron chi connectivity index (χ4n) is 7.42. The van der Waals surface area contributed by atoms with Crippen molar-refractivity contribution in [2.45, 2.75) is 129 Å². The molecule has 5 atom stereocenters. The minimum atomic E-state index is -0.245. The van der Waals surface area contributed by atoms with E-state index in [4.69, 9.17) is 0 Å². The molecule has 2 saturated carbocycles. The van der Waals surface area contributed by atoms with E-state index in [1.165, 1.54) is 77.0 Å². The SMILES string of the molecule is CCCCCCC1CCC2CC(c3c(F)cc4c(c3F)CCC(CCCC)C4)CCC2C1. The van der Waals surface area contributed by atoms with E-state index in [-0.39, 0.29) is 17.6 Å². The molecule has 1 aromatic rings. The fourth-order valence-corrected chi connectivity index (χ4v) is 7.42. The van der Waals surface area contributed by atoms with Crippen LogP contribution >= 0.6 is 0 Å². The quantitative estimate of drug-likeness (QED) is 0.333. The highest BCUT2D eigenvalue weighted by Gasteiger charge is 2.38. The van der Waals surface area contributed by atoms with Crippen LogP contribution < -0.4 is 0 Å². The predicted octanol–water partition coefficient (Wildman–Crippen LogP) is 9.53. The Morgan fingerprint density at radius 2 is 1.53 bits per heavy atom. The lowest BCUT2D eigenvalue weighted by molar-refractivity contribution is 0.111. The van der Waals surface area contributed by atoms with Gasteiger partial charge < -0.3 is 0 Å². The Labute approximate surface area is 196 Å². The van der Waals surface area contributed by atoms with Gasteiger partial charge in [-0.15, -0.1) is 0 Å². The molecule has 0 aliphatic heterocycles. The first-order valence-electron chi connectivity index (χ1n) is 14.1. The summed E-state index contributed by atoms with van der Waals surface area (Å²) in [5.41, 5.74) is 2.27. The number of hydrogen-bond donors (Lipinski definition) is 0. The molecule has 180 valence electrons. The Hall–Kier alpha value is -0.920. The van der Waals surface area contributed by atoms with Crippen LogP contribution in [0.15, 0.2) is 6.07 Å². The van der Waals surface area contributed by atoms with Gasteiger partial charge in [-0.25, -0.2) is 8.78 Å². The third kappa shape index (κ3) is 5.58. The lowest BCUT2D eigenvalue weighted by atomic mass is 9.63. The van der Waals surface area contributed by atoms with Gasteiger partial charge in [0, 0.05) is 5.56 Å². The lowest BCUT2D eigenvalue weighted by Crippen LogP contribution is -2.31. The molecule has 0 heterocycles. The highest BCUT2D eigenvalue weighted by Crippen LogP contribution is 2.49. The molecule has 0 spiro atoms. The molecule has 4 rings (SSSR count). The summed E-state index contributed by atoms with van der Waals surface area (Å²) < 4.78 is 30.9. The zero-order valence-electron chi connectivity index (χ0n) is 20.7. The average molecular weight is 445 g/mol. The van der Waals surface area contributed by atoms with Crippen LogP contribution in [0.5, 0.6) is 0 Å². The van der Waals surface area contributed by atoms with Crippen LogP contribution in [0.4, 0.5) is 8.78 Å². The molecule has 32 heavy (non-hydrogen) atoms. The molecule has 0 amide bonds. The van der Waals surface area contributed by atoms with Crippen molar-refractivity contribution < 1.29 is 8.78 Å². The van der Waals surface area contributed by atoms with Crippen molar-refractivity contribution in [1.29, 1.82) is 0 Å². The van der Waals surface area contributed by atoms with Crippen LogP contribution in [0, 0.1) is 35.3 Å². The van der Waals surface area contributed by atoms with Crippen molar-refractivity contribution in [3.63, 3.8) is 0 Å². The maximum absolute atomic E-state index is 15.6. The average Bonchev–Trinajstić information content (AvgIpc) is 2.80. The lowest BCUT2D eigenvalue weighted by Gasteiger charge is -2.42. The van der Waals surface area contributed by atoms with Crippen LogP contribution in [-0.2, 0) is 12.8 Å². The van der Waals surface area contributed by atoms with E-state index in [9.17, 15) is 0 Å². The molecular weight excluding hydrogens is 398 g/mol. The molecule has 0 bridgehead atoms. The molecule has 0 nitrogen and oxygen atoms in total. The third-order valence-corrected chi connectivity index (χ3v) is 9.32. The number of halogens is 2. The Morgan fingerprint density at radius 3 is 2.34 bits per heavy atom. The van der Waals surface area contributed by atoms with E-state index in [0.29, 0.717) is 17.4 Å². The summed E-state index contributed by atoms with van der Waals surface area (Å²) in [4.78, 5) is 0. The number of benzene rings is 1. The number of unbranched alkanes of at least 4 members (excludes halogenated alkanes) is 4. The third-order valence-electron chi connectivity index (χ3n) is 9.32. The molecule has 1 aromatic carbocycles. The molecule has 0 aromatic heterocycles. The molecule has 0 N–H and O–H groups in total. The highest BCUT2D eigenvalue weighted by atomic mass is 19.1.